The summed E-state index contributed by atoms with van der Waals surface area (Å²) in [6.07, 6.45) is -0.179. The van der Waals surface area contributed by atoms with E-state index >= 15 is 0 Å². The van der Waals surface area contributed by atoms with Crippen molar-refractivity contribution < 1.29 is 14.6 Å². The van der Waals surface area contributed by atoms with E-state index in [1.807, 2.05) is 30.3 Å². The summed E-state index contributed by atoms with van der Waals surface area (Å²) in [6.45, 7) is 7.45. The second kappa shape index (κ2) is 9.01. The van der Waals surface area contributed by atoms with Gasteiger partial charge in [-0.1, -0.05) is 37.3 Å². The van der Waals surface area contributed by atoms with Crippen LogP contribution in [0.1, 0.15) is 31.7 Å². The zero-order valence-corrected chi connectivity index (χ0v) is 14.1. The predicted octanol–water partition coefficient (Wildman–Crippen LogP) is 1.38. The van der Waals surface area contributed by atoms with E-state index in [4.69, 9.17) is 4.74 Å². The van der Waals surface area contributed by atoms with Crippen molar-refractivity contribution in [3.05, 3.63) is 35.9 Å². The van der Waals surface area contributed by atoms with Gasteiger partial charge >= 0.3 is 0 Å². The summed E-state index contributed by atoms with van der Waals surface area (Å²) in [5.74, 6) is 0.0423. The number of ether oxygens (including phenoxy) is 1. The van der Waals surface area contributed by atoms with Crippen molar-refractivity contribution in [2.24, 2.45) is 0 Å². The lowest BCUT2D eigenvalue weighted by Gasteiger charge is -2.31. The fourth-order valence-corrected chi connectivity index (χ4v) is 2.96. The number of amides is 1. The average molecular weight is 320 g/mol. The number of carbonyl (C=O) groups is 1. The van der Waals surface area contributed by atoms with Gasteiger partial charge < -0.3 is 15.2 Å². The second-order valence-electron chi connectivity index (χ2n) is 6.19. The molecule has 3 atom stereocenters. The highest BCUT2D eigenvalue weighted by Gasteiger charge is 2.26. The molecular formula is C18H28N2O3. The number of hydrogen-bond acceptors (Lipinski definition) is 4. The van der Waals surface area contributed by atoms with E-state index < -0.39 is 12.2 Å². The van der Waals surface area contributed by atoms with Gasteiger partial charge in [0.1, 0.15) is 6.10 Å². The van der Waals surface area contributed by atoms with E-state index in [0.717, 1.165) is 18.7 Å². The number of benzene rings is 1. The van der Waals surface area contributed by atoms with Gasteiger partial charge in [-0.15, -0.1) is 0 Å². The van der Waals surface area contributed by atoms with E-state index in [-0.39, 0.29) is 11.8 Å². The molecule has 1 aliphatic rings. The Morgan fingerprint density at radius 2 is 2.17 bits per heavy atom. The Balaban J connectivity index is 1.91. The number of nitrogens with one attached hydrogen (secondary N) is 1. The first-order valence-electron chi connectivity index (χ1n) is 8.44. The van der Waals surface area contributed by atoms with Gasteiger partial charge in [-0.3, -0.25) is 9.69 Å². The lowest BCUT2D eigenvalue weighted by atomic mass is 9.93. The third kappa shape index (κ3) is 5.61. The normalized spacial score (nSPS) is 21.6. The number of carbonyl (C=O) groups excluding carboxylic acids is 1. The average Bonchev–Trinajstić information content (AvgIpc) is 2.58. The molecule has 0 saturated carbocycles. The predicted molar refractivity (Wildman–Crippen MR) is 90.3 cm³/mol. The largest absolute Gasteiger partial charge is 0.393 e. The summed E-state index contributed by atoms with van der Waals surface area (Å²) in [4.78, 5) is 14.6. The molecule has 1 heterocycles. The number of morpholine rings is 1. The number of hydrogen-bond donors (Lipinski definition) is 2. The van der Waals surface area contributed by atoms with Crippen LogP contribution in [-0.2, 0) is 9.53 Å². The monoisotopic (exact) mass is 320 g/mol. The zero-order valence-electron chi connectivity index (χ0n) is 14.1. The molecule has 0 radical (unpaired) electrons. The Morgan fingerprint density at radius 1 is 1.43 bits per heavy atom. The molecule has 0 aromatic heterocycles. The second-order valence-corrected chi connectivity index (χ2v) is 6.19. The molecule has 5 nitrogen and oxygen atoms in total. The van der Waals surface area contributed by atoms with Crippen LogP contribution in [0.15, 0.2) is 30.3 Å². The van der Waals surface area contributed by atoms with Gasteiger partial charge in [-0.2, -0.15) is 0 Å². The first-order valence-corrected chi connectivity index (χ1v) is 8.44. The number of rotatable bonds is 7. The smallest absolute Gasteiger partial charge is 0.250 e. The number of nitrogens with zero attached hydrogens (tertiary/aromatic N) is 1. The van der Waals surface area contributed by atoms with Crippen molar-refractivity contribution in [3.8, 4) is 0 Å². The van der Waals surface area contributed by atoms with Gasteiger partial charge in [0.15, 0.2) is 0 Å². The molecule has 1 fully saturated rings. The van der Waals surface area contributed by atoms with E-state index in [2.05, 4.69) is 17.1 Å². The van der Waals surface area contributed by atoms with Crippen molar-refractivity contribution in [3.63, 3.8) is 0 Å². The highest BCUT2D eigenvalue weighted by molar-refractivity contribution is 5.81. The fourth-order valence-electron chi connectivity index (χ4n) is 2.96. The number of likely N-dealkylation sites (N-methyl/N-ethyl adjacent to an activating group) is 1. The fraction of sp³-hybridized carbons (Fsp3) is 0.611. The lowest BCUT2D eigenvalue weighted by molar-refractivity contribution is -0.138. The van der Waals surface area contributed by atoms with Crippen LogP contribution in [0.25, 0.3) is 0 Å². The van der Waals surface area contributed by atoms with Crippen LogP contribution in [-0.4, -0.2) is 60.9 Å². The Hall–Kier alpha value is -1.43. The van der Waals surface area contributed by atoms with Crippen LogP contribution in [0.2, 0.25) is 0 Å². The molecule has 1 aromatic rings. The first kappa shape index (κ1) is 17.9. The highest BCUT2D eigenvalue weighted by Crippen LogP contribution is 2.20. The highest BCUT2D eigenvalue weighted by atomic mass is 16.5. The van der Waals surface area contributed by atoms with Crippen molar-refractivity contribution in [1.29, 1.82) is 0 Å². The SMILES string of the molecule is CCN1CCOC(C(=O)NCC(CC(C)O)c2ccccc2)C1. The Kier molecular flexibility index (Phi) is 7.02. The summed E-state index contributed by atoms with van der Waals surface area (Å²) >= 11 is 0. The summed E-state index contributed by atoms with van der Waals surface area (Å²) in [7, 11) is 0. The van der Waals surface area contributed by atoms with Crippen molar-refractivity contribution in [2.75, 3.05) is 32.8 Å². The van der Waals surface area contributed by atoms with Gasteiger partial charge in [0.2, 0.25) is 5.91 Å². The molecule has 5 heteroatoms. The number of aliphatic hydroxyl groups is 1. The Bertz CT molecular complexity index is 478. The summed E-state index contributed by atoms with van der Waals surface area (Å²) in [5.41, 5.74) is 1.13. The maximum atomic E-state index is 12.4. The van der Waals surface area contributed by atoms with Crippen molar-refractivity contribution in [1.82, 2.24) is 10.2 Å². The molecule has 0 aliphatic carbocycles. The summed E-state index contributed by atoms with van der Waals surface area (Å²) < 4.78 is 5.59. The molecule has 3 unspecified atom stereocenters. The van der Waals surface area contributed by atoms with Crippen LogP contribution in [0.5, 0.6) is 0 Å². The molecule has 1 aliphatic heterocycles. The van der Waals surface area contributed by atoms with Gasteiger partial charge in [-0.25, -0.2) is 0 Å². The summed E-state index contributed by atoms with van der Waals surface area (Å²) in [5, 5.41) is 12.7. The van der Waals surface area contributed by atoms with E-state index in [0.29, 0.717) is 26.1 Å². The molecule has 2 N–H and O–H groups in total. The maximum absolute atomic E-state index is 12.4. The molecule has 1 saturated heterocycles. The van der Waals surface area contributed by atoms with Crippen LogP contribution >= 0.6 is 0 Å². The van der Waals surface area contributed by atoms with Crippen molar-refractivity contribution >= 4 is 5.91 Å². The van der Waals surface area contributed by atoms with E-state index in [1.54, 1.807) is 6.92 Å². The van der Waals surface area contributed by atoms with Gasteiger partial charge in [0.25, 0.3) is 0 Å². The van der Waals surface area contributed by atoms with Gasteiger partial charge in [0.05, 0.1) is 12.7 Å². The molecular weight excluding hydrogens is 292 g/mol. The maximum Gasteiger partial charge on any atom is 0.250 e. The van der Waals surface area contributed by atoms with Crippen molar-refractivity contribution in [2.45, 2.75) is 38.4 Å². The van der Waals surface area contributed by atoms with Gasteiger partial charge in [-0.05, 0) is 25.5 Å². The number of aliphatic hydroxyl groups excluding tert-OH is 1. The molecule has 1 aromatic carbocycles. The molecule has 0 spiro atoms. The Morgan fingerprint density at radius 3 is 2.83 bits per heavy atom. The zero-order chi connectivity index (χ0) is 16.7. The standard InChI is InChI=1S/C18H28N2O3/c1-3-20-9-10-23-17(13-20)18(22)19-12-16(11-14(2)21)15-7-5-4-6-8-15/h4-8,14,16-17,21H,3,9-13H2,1-2H3,(H,19,22). The lowest BCUT2D eigenvalue weighted by Crippen LogP contribution is -2.50. The minimum absolute atomic E-state index is 0.0605. The first-order chi connectivity index (χ1) is 11.1. The minimum Gasteiger partial charge on any atom is -0.393 e. The third-order valence-corrected chi connectivity index (χ3v) is 4.31. The van der Waals surface area contributed by atoms with E-state index in [9.17, 15) is 9.90 Å². The van der Waals surface area contributed by atoms with E-state index in [1.165, 1.54) is 0 Å². The Labute approximate surface area is 138 Å². The van der Waals surface area contributed by atoms with Crippen LogP contribution in [0, 0.1) is 0 Å². The van der Waals surface area contributed by atoms with Crippen LogP contribution in [0.4, 0.5) is 0 Å². The molecule has 1 amide bonds. The molecule has 128 valence electrons. The topological polar surface area (TPSA) is 61.8 Å². The molecule has 23 heavy (non-hydrogen) atoms. The summed E-state index contributed by atoms with van der Waals surface area (Å²) in [6, 6.07) is 10.0. The van der Waals surface area contributed by atoms with Crippen LogP contribution in [0.3, 0.4) is 0 Å². The third-order valence-electron chi connectivity index (χ3n) is 4.31. The van der Waals surface area contributed by atoms with Gasteiger partial charge in [0, 0.05) is 25.6 Å². The quantitative estimate of drug-likeness (QED) is 0.797. The van der Waals surface area contributed by atoms with Crippen LogP contribution < -0.4 is 5.32 Å². The molecule has 2 rings (SSSR count). The molecule has 0 bridgehead atoms. The minimum atomic E-state index is -0.404.